The first-order chi connectivity index (χ1) is 11.8. The van der Waals surface area contributed by atoms with E-state index in [4.69, 9.17) is 4.74 Å². The highest BCUT2D eigenvalue weighted by Crippen LogP contribution is 2.30. The van der Waals surface area contributed by atoms with Crippen LogP contribution in [0.25, 0.3) is 10.8 Å². The predicted octanol–water partition coefficient (Wildman–Crippen LogP) is 4.81. The molecule has 5 nitrogen and oxygen atoms in total. The number of aromatic nitrogens is 1. The molecule has 3 rings (SSSR count). The van der Waals surface area contributed by atoms with Gasteiger partial charge in [-0.05, 0) is 51.1 Å². The summed E-state index contributed by atoms with van der Waals surface area (Å²) in [7, 11) is 0. The molecule has 1 N–H and O–H groups in total. The van der Waals surface area contributed by atoms with Gasteiger partial charge in [-0.2, -0.15) is 0 Å². The number of piperidine rings is 1. The fourth-order valence-corrected chi connectivity index (χ4v) is 3.65. The Morgan fingerprint density at radius 3 is 2.92 bits per heavy atom. The van der Waals surface area contributed by atoms with Gasteiger partial charge < -0.3 is 15.0 Å². The Bertz CT molecular complexity index is 768. The fraction of sp³-hybridized carbons (Fsp3) is 0.474. The number of rotatable bonds is 2. The first-order valence-electron chi connectivity index (χ1n) is 8.61. The average molecular weight is 406 g/mol. The standard InChI is InChI=1S/C19H24BrN3O2/c1-19(2,3)25-18(24)23-11-5-7-14(12-23)22-17-16-13(9-10-21-17)6-4-8-15(16)20/h4,6,8-10,14H,5,7,11-12H2,1-3H3,(H,21,22)/t14-/m1/s1. The SMILES string of the molecule is CC(C)(C)OC(=O)N1CCC[C@@H](Nc2nccc3cccc(Br)c23)C1. The highest BCUT2D eigenvalue weighted by atomic mass is 79.9. The second kappa shape index (κ2) is 7.20. The average Bonchev–Trinajstić information content (AvgIpc) is 2.54. The number of carbonyl (C=O) groups is 1. The molecular formula is C19H24BrN3O2. The number of hydrogen-bond donors (Lipinski definition) is 1. The molecule has 0 unspecified atom stereocenters. The van der Waals surface area contributed by atoms with Gasteiger partial charge >= 0.3 is 6.09 Å². The molecule has 2 aromatic rings. The third-order valence-corrected chi connectivity index (χ3v) is 4.82. The first kappa shape index (κ1) is 18.0. The summed E-state index contributed by atoms with van der Waals surface area (Å²) >= 11 is 3.62. The summed E-state index contributed by atoms with van der Waals surface area (Å²) in [5.41, 5.74) is -0.473. The van der Waals surface area contributed by atoms with Crippen molar-refractivity contribution in [3.63, 3.8) is 0 Å². The molecule has 1 aromatic carbocycles. The monoisotopic (exact) mass is 405 g/mol. The third-order valence-electron chi connectivity index (χ3n) is 4.15. The number of nitrogens with one attached hydrogen (secondary N) is 1. The van der Waals surface area contributed by atoms with E-state index in [0.29, 0.717) is 6.54 Å². The molecule has 0 bridgehead atoms. The Morgan fingerprint density at radius 1 is 1.36 bits per heavy atom. The Kier molecular flexibility index (Phi) is 5.18. The number of amides is 1. The Hall–Kier alpha value is -1.82. The van der Waals surface area contributed by atoms with Crippen molar-refractivity contribution in [2.45, 2.75) is 45.3 Å². The smallest absolute Gasteiger partial charge is 0.410 e. The van der Waals surface area contributed by atoms with Crippen LogP contribution in [0.2, 0.25) is 0 Å². The molecule has 0 saturated carbocycles. The molecule has 25 heavy (non-hydrogen) atoms. The summed E-state index contributed by atoms with van der Waals surface area (Å²) in [4.78, 5) is 18.6. The second-order valence-electron chi connectivity index (χ2n) is 7.41. The van der Waals surface area contributed by atoms with E-state index in [9.17, 15) is 4.79 Å². The van der Waals surface area contributed by atoms with Crippen molar-refractivity contribution in [1.29, 1.82) is 0 Å². The van der Waals surface area contributed by atoms with Crippen molar-refractivity contribution >= 4 is 38.6 Å². The van der Waals surface area contributed by atoms with Gasteiger partial charge in [0.05, 0.1) is 0 Å². The molecule has 1 amide bonds. The van der Waals surface area contributed by atoms with Crippen molar-refractivity contribution in [1.82, 2.24) is 9.88 Å². The maximum atomic E-state index is 12.3. The largest absolute Gasteiger partial charge is 0.444 e. The van der Waals surface area contributed by atoms with Crippen LogP contribution < -0.4 is 5.32 Å². The van der Waals surface area contributed by atoms with Gasteiger partial charge in [0.15, 0.2) is 0 Å². The van der Waals surface area contributed by atoms with Gasteiger partial charge in [-0.1, -0.05) is 28.1 Å². The van der Waals surface area contributed by atoms with Gasteiger partial charge in [-0.25, -0.2) is 9.78 Å². The number of halogens is 1. The molecule has 0 spiro atoms. The number of carbonyl (C=O) groups excluding carboxylic acids is 1. The minimum absolute atomic E-state index is 0.159. The normalized spacial score (nSPS) is 18.2. The number of anilines is 1. The van der Waals surface area contributed by atoms with E-state index in [0.717, 1.165) is 40.4 Å². The number of ether oxygens (including phenoxy) is 1. The summed E-state index contributed by atoms with van der Waals surface area (Å²) < 4.78 is 6.52. The molecule has 1 aliphatic rings. The summed E-state index contributed by atoms with van der Waals surface area (Å²) in [6.45, 7) is 7.03. The van der Waals surface area contributed by atoms with Gasteiger partial charge in [0.25, 0.3) is 0 Å². The first-order valence-corrected chi connectivity index (χ1v) is 9.40. The van der Waals surface area contributed by atoms with E-state index >= 15 is 0 Å². The number of fused-ring (bicyclic) bond motifs is 1. The minimum Gasteiger partial charge on any atom is -0.444 e. The number of benzene rings is 1. The lowest BCUT2D eigenvalue weighted by Gasteiger charge is -2.34. The number of hydrogen-bond acceptors (Lipinski definition) is 4. The van der Waals surface area contributed by atoms with Crippen LogP contribution in [0.1, 0.15) is 33.6 Å². The maximum Gasteiger partial charge on any atom is 0.410 e. The van der Waals surface area contributed by atoms with E-state index < -0.39 is 5.60 Å². The molecule has 134 valence electrons. The second-order valence-corrected chi connectivity index (χ2v) is 8.26. The zero-order valence-electron chi connectivity index (χ0n) is 14.9. The Balaban J connectivity index is 1.74. The van der Waals surface area contributed by atoms with Gasteiger partial charge in [-0.15, -0.1) is 0 Å². The third kappa shape index (κ3) is 4.42. The lowest BCUT2D eigenvalue weighted by Crippen LogP contribution is -2.47. The van der Waals surface area contributed by atoms with Crippen molar-refractivity contribution in [3.8, 4) is 0 Å². The van der Waals surface area contributed by atoms with Crippen LogP contribution in [0.3, 0.4) is 0 Å². The van der Waals surface area contributed by atoms with Crippen LogP contribution in [-0.4, -0.2) is 40.7 Å². The van der Waals surface area contributed by atoms with E-state index in [1.165, 1.54) is 0 Å². The van der Waals surface area contributed by atoms with Crippen LogP contribution in [0, 0.1) is 0 Å². The van der Waals surface area contributed by atoms with Crippen LogP contribution >= 0.6 is 15.9 Å². The van der Waals surface area contributed by atoms with Crippen molar-refractivity contribution < 1.29 is 9.53 Å². The Morgan fingerprint density at radius 2 is 2.16 bits per heavy atom. The number of likely N-dealkylation sites (tertiary alicyclic amines) is 1. The van der Waals surface area contributed by atoms with Crippen LogP contribution in [0.5, 0.6) is 0 Å². The van der Waals surface area contributed by atoms with Crippen molar-refractivity contribution in [3.05, 3.63) is 34.9 Å². The van der Waals surface area contributed by atoms with E-state index in [1.54, 1.807) is 4.90 Å². The zero-order chi connectivity index (χ0) is 18.0. The quantitative estimate of drug-likeness (QED) is 0.778. The fourth-order valence-electron chi connectivity index (χ4n) is 3.08. The predicted molar refractivity (Wildman–Crippen MR) is 104 cm³/mol. The van der Waals surface area contributed by atoms with Gasteiger partial charge in [0.2, 0.25) is 0 Å². The lowest BCUT2D eigenvalue weighted by molar-refractivity contribution is 0.0206. The van der Waals surface area contributed by atoms with E-state index in [-0.39, 0.29) is 12.1 Å². The number of pyridine rings is 1. The Labute approximate surface area is 156 Å². The molecule has 0 radical (unpaired) electrons. The molecule has 2 heterocycles. The molecule has 1 saturated heterocycles. The van der Waals surface area contributed by atoms with Crippen LogP contribution in [0.15, 0.2) is 34.9 Å². The molecule has 1 aliphatic heterocycles. The summed E-state index contributed by atoms with van der Waals surface area (Å²) in [5.74, 6) is 0.848. The summed E-state index contributed by atoms with van der Waals surface area (Å²) in [5, 5.41) is 5.72. The summed E-state index contributed by atoms with van der Waals surface area (Å²) in [6.07, 6.45) is 3.52. The minimum atomic E-state index is -0.473. The van der Waals surface area contributed by atoms with Crippen molar-refractivity contribution in [2.75, 3.05) is 18.4 Å². The number of nitrogens with zero attached hydrogens (tertiary/aromatic N) is 2. The summed E-state index contributed by atoms with van der Waals surface area (Å²) in [6, 6.07) is 8.26. The molecular weight excluding hydrogens is 382 g/mol. The maximum absolute atomic E-state index is 12.3. The highest BCUT2D eigenvalue weighted by molar-refractivity contribution is 9.10. The van der Waals surface area contributed by atoms with Gasteiger partial charge in [0, 0.05) is 35.2 Å². The zero-order valence-corrected chi connectivity index (χ0v) is 16.5. The van der Waals surface area contributed by atoms with Crippen LogP contribution in [-0.2, 0) is 4.74 Å². The van der Waals surface area contributed by atoms with E-state index in [1.807, 2.05) is 45.2 Å². The molecule has 1 fully saturated rings. The van der Waals surface area contributed by atoms with Crippen molar-refractivity contribution in [2.24, 2.45) is 0 Å². The molecule has 6 heteroatoms. The lowest BCUT2D eigenvalue weighted by atomic mass is 10.1. The van der Waals surface area contributed by atoms with E-state index in [2.05, 4.69) is 32.3 Å². The molecule has 1 atom stereocenters. The highest BCUT2D eigenvalue weighted by Gasteiger charge is 2.28. The molecule has 1 aromatic heterocycles. The van der Waals surface area contributed by atoms with Gasteiger partial charge in [-0.3, -0.25) is 0 Å². The molecule has 0 aliphatic carbocycles. The van der Waals surface area contributed by atoms with Gasteiger partial charge in [0.1, 0.15) is 11.4 Å². The van der Waals surface area contributed by atoms with Crippen LogP contribution in [0.4, 0.5) is 10.6 Å². The topological polar surface area (TPSA) is 54.5 Å².